The largest absolute Gasteiger partial charge is 0.338 e. The highest BCUT2D eigenvalue weighted by atomic mass is 32.2. The van der Waals surface area contributed by atoms with Crippen LogP contribution in [-0.2, 0) is 14.8 Å². The standard InChI is InChI=1S/C25H24N4O3S/c30-25(19-9-7-15-29(17-19)33(31,32)21-11-2-1-3-12-21)26-20-10-6-8-18(16-20)24-27-22-13-4-5-14-23(22)28-24/h1-6,8,10-14,16,19H,7,9,15,17H2,(H,26,30)(H,27,28). The molecule has 3 aromatic carbocycles. The number of piperidine rings is 1. The molecule has 5 rings (SSSR count). The van der Waals surface area contributed by atoms with Crippen LogP contribution in [0.15, 0.2) is 83.8 Å². The number of rotatable bonds is 5. The number of imidazole rings is 1. The molecule has 1 aliphatic heterocycles. The molecule has 0 saturated carbocycles. The van der Waals surface area contributed by atoms with Crippen molar-refractivity contribution in [1.29, 1.82) is 0 Å². The van der Waals surface area contributed by atoms with Crippen LogP contribution in [0.5, 0.6) is 0 Å². The maximum Gasteiger partial charge on any atom is 0.243 e. The highest BCUT2D eigenvalue weighted by molar-refractivity contribution is 7.89. The van der Waals surface area contributed by atoms with Gasteiger partial charge in [0.2, 0.25) is 15.9 Å². The normalized spacial score (nSPS) is 17.2. The van der Waals surface area contributed by atoms with Gasteiger partial charge >= 0.3 is 0 Å². The number of nitrogens with one attached hydrogen (secondary N) is 2. The quantitative estimate of drug-likeness (QED) is 0.465. The Morgan fingerprint density at radius 1 is 1.00 bits per heavy atom. The number of hydrogen-bond acceptors (Lipinski definition) is 4. The first-order valence-corrected chi connectivity index (χ1v) is 12.4. The van der Waals surface area contributed by atoms with Gasteiger partial charge in [-0.15, -0.1) is 0 Å². The van der Waals surface area contributed by atoms with Crippen molar-refractivity contribution in [2.24, 2.45) is 5.92 Å². The summed E-state index contributed by atoms with van der Waals surface area (Å²) >= 11 is 0. The molecule has 168 valence electrons. The average Bonchev–Trinajstić information content (AvgIpc) is 3.29. The smallest absolute Gasteiger partial charge is 0.243 e. The van der Waals surface area contributed by atoms with Crippen molar-refractivity contribution in [1.82, 2.24) is 14.3 Å². The first-order chi connectivity index (χ1) is 16.0. The number of sulfonamides is 1. The van der Waals surface area contributed by atoms with Crippen LogP contribution >= 0.6 is 0 Å². The lowest BCUT2D eigenvalue weighted by Crippen LogP contribution is -2.43. The number of carbonyl (C=O) groups is 1. The molecule has 1 amide bonds. The molecule has 1 unspecified atom stereocenters. The molecule has 1 aliphatic rings. The van der Waals surface area contributed by atoms with Gasteiger partial charge in [-0.2, -0.15) is 4.31 Å². The lowest BCUT2D eigenvalue weighted by atomic mass is 9.98. The summed E-state index contributed by atoms with van der Waals surface area (Å²) in [5.41, 5.74) is 3.34. The maximum atomic E-state index is 13.0. The van der Waals surface area contributed by atoms with Crippen LogP contribution in [-0.4, -0.2) is 41.7 Å². The van der Waals surface area contributed by atoms with Gasteiger partial charge in [-0.25, -0.2) is 13.4 Å². The number of fused-ring (bicyclic) bond motifs is 1. The van der Waals surface area contributed by atoms with E-state index in [0.717, 1.165) is 22.4 Å². The molecule has 1 aromatic heterocycles. The maximum absolute atomic E-state index is 13.0. The van der Waals surface area contributed by atoms with Gasteiger partial charge in [-0.3, -0.25) is 4.79 Å². The second kappa shape index (κ2) is 8.80. The lowest BCUT2D eigenvalue weighted by molar-refractivity contribution is -0.120. The minimum absolute atomic E-state index is 0.173. The van der Waals surface area contributed by atoms with Gasteiger partial charge in [-0.1, -0.05) is 42.5 Å². The monoisotopic (exact) mass is 460 g/mol. The van der Waals surface area contributed by atoms with Crippen LogP contribution in [0.3, 0.4) is 0 Å². The Bertz CT molecular complexity index is 1370. The first kappa shape index (κ1) is 21.4. The van der Waals surface area contributed by atoms with Crippen LogP contribution in [0, 0.1) is 5.92 Å². The number of hydrogen-bond donors (Lipinski definition) is 2. The number of nitrogens with zero attached hydrogens (tertiary/aromatic N) is 2. The van der Waals surface area contributed by atoms with E-state index in [4.69, 9.17) is 0 Å². The summed E-state index contributed by atoms with van der Waals surface area (Å²) in [4.78, 5) is 21.2. The average molecular weight is 461 g/mol. The van der Waals surface area contributed by atoms with Gasteiger partial charge in [0.25, 0.3) is 0 Å². The molecule has 1 atom stereocenters. The van der Waals surface area contributed by atoms with Gasteiger partial charge in [0.15, 0.2) is 0 Å². The van der Waals surface area contributed by atoms with Crippen LogP contribution in [0.1, 0.15) is 12.8 Å². The molecule has 0 radical (unpaired) electrons. The van der Waals surface area contributed by atoms with Crippen molar-refractivity contribution in [3.05, 3.63) is 78.9 Å². The number of amides is 1. The Hall–Kier alpha value is -3.49. The second-order valence-electron chi connectivity index (χ2n) is 8.19. The Kier molecular flexibility index (Phi) is 5.70. The van der Waals surface area contributed by atoms with E-state index >= 15 is 0 Å². The van der Waals surface area contributed by atoms with E-state index < -0.39 is 15.9 Å². The molecule has 1 saturated heterocycles. The van der Waals surface area contributed by atoms with Crippen molar-refractivity contribution in [3.8, 4) is 11.4 Å². The highest BCUT2D eigenvalue weighted by Crippen LogP contribution is 2.26. The van der Waals surface area contributed by atoms with Crippen molar-refractivity contribution in [2.75, 3.05) is 18.4 Å². The minimum Gasteiger partial charge on any atom is -0.338 e. The Morgan fingerprint density at radius 3 is 2.61 bits per heavy atom. The predicted molar refractivity (Wildman–Crippen MR) is 128 cm³/mol. The van der Waals surface area contributed by atoms with Crippen LogP contribution in [0.2, 0.25) is 0 Å². The summed E-state index contributed by atoms with van der Waals surface area (Å²) in [6.07, 6.45) is 1.29. The van der Waals surface area contributed by atoms with Crippen molar-refractivity contribution in [3.63, 3.8) is 0 Å². The highest BCUT2D eigenvalue weighted by Gasteiger charge is 2.33. The van der Waals surface area contributed by atoms with Gasteiger partial charge < -0.3 is 10.3 Å². The zero-order valence-electron chi connectivity index (χ0n) is 17.9. The van der Waals surface area contributed by atoms with Gasteiger partial charge in [0.05, 0.1) is 21.8 Å². The summed E-state index contributed by atoms with van der Waals surface area (Å²) in [6, 6.07) is 23.7. The Labute approximate surface area is 192 Å². The molecule has 2 heterocycles. The molecule has 0 aliphatic carbocycles. The number of para-hydroxylation sites is 2. The summed E-state index contributed by atoms with van der Waals surface area (Å²) in [7, 11) is -3.62. The first-order valence-electron chi connectivity index (χ1n) is 10.9. The number of aromatic nitrogens is 2. The topological polar surface area (TPSA) is 95.2 Å². The number of H-pyrrole nitrogens is 1. The van der Waals surface area contributed by atoms with E-state index in [0.29, 0.717) is 25.1 Å². The molecule has 4 aromatic rings. The minimum atomic E-state index is -3.62. The fraction of sp³-hybridized carbons (Fsp3) is 0.200. The number of benzene rings is 3. The van der Waals surface area contributed by atoms with E-state index in [9.17, 15) is 13.2 Å². The summed E-state index contributed by atoms with van der Waals surface area (Å²) < 4.78 is 27.4. The zero-order chi connectivity index (χ0) is 22.8. The third kappa shape index (κ3) is 4.40. The van der Waals surface area contributed by atoms with Crippen molar-refractivity contribution in [2.45, 2.75) is 17.7 Å². The zero-order valence-corrected chi connectivity index (χ0v) is 18.8. The second-order valence-corrected chi connectivity index (χ2v) is 10.1. The van der Waals surface area contributed by atoms with Crippen LogP contribution < -0.4 is 5.32 Å². The van der Waals surface area contributed by atoms with Gasteiger partial charge in [0.1, 0.15) is 5.82 Å². The Morgan fingerprint density at radius 2 is 1.79 bits per heavy atom. The lowest BCUT2D eigenvalue weighted by Gasteiger charge is -2.31. The number of carbonyl (C=O) groups excluding carboxylic acids is 1. The molecule has 0 bridgehead atoms. The fourth-order valence-electron chi connectivity index (χ4n) is 4.19. The van der Waals surface area contributed by atoms with E-state index in [-0.39, 0.29) is 17.3 Å². The molecule has 2 N–H and O–H groups in total. The van der Waals surface area contributed by atoms with Crippen LogP contribution in [0.4, 0.5) is 5.69 Å². The summed E-state index contributed by atoms with van der Waals surface area (Å²) in [5.74, 6) is 0.141. The third-order valence-corrected chi connectivity index (χ3v) is 7.81. The molecule has 1 fully saturated rings. The van der Waals surface area contributed by atoms with E-state index in [2.05, 4.69) is 15.3 Å². The SMILES string of the molecule is O=C(Nc1cccc(-c2nc3ccccc3[nH]2)c1)C1CCCN(S(=O)(=O)c2ccccc2)C1. The van der Waals surface area contributed by atoms with Gasteiger partial charge in [-0.05, 0) is 49.2 Å². The Balaban J connectivity index is 1.31. The molecular weight excluding hydrogens is 436 g/mol. The molecule has 7 nitrogen and oxygen atoms in total. The third-order valence-electron chi connectivity index (χ3n) is 5.93. The molecule has 33 heavy (non-hydrogen) atoms. The molecule has 8 heteroatoms. The predicted octanol–water partition coefficient (Wildman–Crippen LogP) is 4.27. The summed E-state index contributed by atoms with van der Waals surface area (Å²) in [6.45, 7) is 0.592. The van der Waals surface area contributed by atoms with E-state index in [1.165, 1.54) is 4.31 Å². The summed E-state index contributed by atoms with van der Waals surface area (Å²) in [5, 5.41) is 2.97. The fourth-order valence-corrected chi connectivity index (χ4v) is 5.74. The van der Waals surface area contributed by atoms with Gasteiger partial charge in [0, 0.05) is 24.3 Å². The molecule has 0 spiro atoms. The molecular formula is C25H24N4O3S. The van der Waals surface area contributed by atoms with E-state index in [1.54, 1.807) is 30.3 Å². The number of anilines is 1. The van der Waals surface area contributed by atoms with E-state index in [1.807, 2.05) is 48.5 Å². The number of aromatic amines is 1. The van der Waals surface area contributed by atoms with Crippen molar-refractivity contribution >= 4 is 32.7 Å². The van der Waals surface area contributed by atoms with Crippen LogP contribution in [0.25, 0.3) is 22.4 Å². The van der Waals surface area contributed by atoms with Crippen molar-refractivity contribution < 1.29 is 13.2 Å².